The van der Waals surface area contributed by atoms with Crippen molar-refractivity contribution in [3.05, 3.63) is 76.1 Å². The second-order valence-electron chi connectivity index (χ2n) is 13.9. The number of ether oxygens (including phenoxy) is 2. The Morgan fingerprint density at radius 2 is 1.30 bits per heavy atom. The van der Waals surface area contributed by atoms with Gasteiger partial charge < -0.3 is 20.1 Å². The number of likely N-dealkylation sites (tertiary alicyclic amines) is 2. The molecule has 0 unspecified atom stereocenters. The van der Waals surface area contributed by atoms with E-state index in [1.165, 1.54) is 0 Å². The lowest BCUT2D eigenvalue weighted by molar-refractivity contribution is -0.121. The molecule has 258 valence electrons. The Hall–Kier alpha value is -4.46. The van der Waals surface area contributed by atoms with Crippen molar-refractivity contribution in [2.45, 2.75) is 49.9 Å². The van der Waals surface area contributed by atoms with Gasteiger partial charge in [-0.15, -0.1) is 0 Å². The first-order valence-electron chi connectivity index (χ1n) is 16.8. The second-order valence-corrected chi connectivity index (χ2v) is 14.7. The van der Waals surface area contributed by atoms with E-state index in [1.807, 2.05) is 36.4 Å². The van der Waals surface area contributed by atoms with Gasteiger partial charge in [0, 0.05) is 85.0 Å². The van der Waals surface area contributed by atoms with Gasteiger partial charge in [-0.3, -0.25) is 24.4 Å². The molecule has 4 fully saturated rings. The van der Waals surface area contributed by atoms with Crippen LogP contribution in [0.25, 0.3) is 33.8 Å². The minimum absolute atomic E-state index is 0.0915. The third-order valence-electron chi connectivity index (χ3n) is 10.3. The molecule has 3 aromatic heterocycles. The summed E-state index contributed by atoms with van der Waals surface area (Å²) in [6.45, 7) is 4.46. The quantitative estimate of drug-likeness (QED) is 0.251. The minimum atomic E-state index is -0.499. The lowest BCUT2D eigenvalue weighted by atomic mass is 9.88. The molecule has 0 aliphatic carbocycles. The lowest BCUT2D eigenvalue weighted by Gasteiger charge is -2.48. The van der Waals surface area contributed by atoms with Gasteiger partial charge in [-0.1, -0.05) is 30.3 Å². The van der Waals surface area contributed by atoms with E-state index >= 15 is 4.39 Å². The maximum atomic E-state index is 16.4. The highest BCUT2D eigenvalue weighted by Crippen LogP contribution is 2.40. The Bertz CT molecular complexity index is 1870. The molecule has 2 spiro atoms. The van der Waals surface area contributed by atoms with E-state index in [9.17, 15) is 9.59 Å². The third kappa shape index (κ3) is 5.90. The predicted octanol–water partition coefficient (Wildman–Crippen LogP) is 4.72. The number of amides is 2. The molecule has 0 atom stereocenters. The molecule has 2 amide bonds. The van der Waals surface area contributed by atoms with Crippen molar-refractivity contribution in [1.82, 2.24) is 35.4 Å². The first kappa shape index (κ1) is 32.7. The molecule has 7 heterocycles. The predicted molar refractivity (Wildman–Crippen MR) is 188 cm³/mol. The van der Waals surface area contributed by atoms with Crippen LogP contribution in [-0.4, -0.2) is 88.0 Å². The summed E-state index contributed by atoms with van der Waals surface area (Å²) in [5, 5.41) is 6.23. The van der Waals surface area contributed by atoms with E-state index in [1.54, 1.807) is 32.5 Å². The number of hydrogen-bond acceptors (Lipinski definition) is 9. The summed E-state index contributed by atoms with van der Waals surface area (Å²) in [4.78, 5) is 41.9. The number of methoxy groups -OCH3 is 2. The number of nitrogens with zero attached hydrogens (tertiary/aromatic N) is 5. The molecule has 4 aliphatic rings. The fourth-order valence-electron chi connectivity index (χ4n) is 7.93. The van der Waals surface area contributed by atoms with Crippen molar-refractivity contribution in [1.29, 1.82) is 0 Å². The summed E-state index contributed by atoms with van der Waals surface area (Å²) in [5.74, 6) is 0.682. The zero-order valence-corrected chi connectivity index (χ0v) is 29.5. The van der Waals surface area contributed by atoms with Crippen LogP contribution >= 0.6 is 15.9 Å². The maximum absolute atomic E-state index is 16.4. The monoisotopic (exact) mass is 741 g/mol. The molecule has 4 saturated heterocycles. The van der Waals surface area contributed by atoms with Gasteiger partial charge in [0.1, 0.15) is 5.69 Å². The van der Waals surface area contributed by atoms with Crippen LogP contribution in [0.5, 0.6) is 11.8 Å². The molecule has 0 radical (unpaired) electrons. The summed E-state index contributed by atoms with van der Waals surface area (Å²) in [6, 6.07) is 14.9. The van der Waals surface area contributed by atoms with Crippen molar-refractivity contribution in [2.24, 2.45) is 0 Å². The van der Waals surface area contributed by atoms with Gasteiger partial charge in [0.15, 0.2) is 5.82 Å². The van der Waals surface area contributed by atoms with Crippen LogP contribution in [-0.2, 0) is 22.7 Å². The molecule has 0 saturated carbocycles. The van der Waals surface area contributed by atoms with Gasteiger partial charge in [0.2, 0.25) is 23.6 Å². The normalized spacial score (nSPS) is 19.3. The Balaban J connectivity index is 1.01. The number of aromatic nitrogens is 3. The molecule has 11 nitrogen and oxygen atoms in total. The number of rotatable bonds is 9. The molecule has 1 aromatic carbocycles. The average molecular weight is 743 g/mol. The van der Waals surface area contributed by atoms with Gasteiger partial charge >= 0.3 is 0 Å². The molecule has 50 heavy (non-hydrogen) atoms. The zero-order chi connectivity index (χ0) is 34.6. The lowest BCUT2D eigenvalue weighted by Crippen LogP contribution is -2.66. The largest absolute Gasteiger partial charge is 0.481 e. The van der Waals surface area contributed by atoms with Crippen molar-refractivity contribution < 1.29 is 23.5 Å². The van der Waals surface area contributed by atoms with Crippen molar-refractivity contribution in [2.75, 3.05) is 40.4 Å². The average Bonchev–Trinajstić information content (AvgIpc) is 3.68. The number of pyridine rings is 3. The Morgan fingerprint density at radius 1 is 0.760 bits per heavy atom. The van der Waals surface area contributed by atoms with E-state index in [-0.39, 0.29) is 28.6 Å². The van der Waals surface area contributed by atoms with Gasteiger partial charge in [-0.25, -0.2) is 14.4 Å². The van der Waals surface area contributed by atoms with Crippen LogP contribution in [0, 0.1) is 5.82 Å². The van der Waals surface area contributed by atoms with Gasteiger partial charge in [-0.2, -0.15) is 0 Å². The highest BCUT2D eigenvalue weighted by molar-refractivity contribution is 9.10. The molecule has 8 rings (SSSR count). The van der Waals surface area contributed by atoms with Gasteiger partial charge in [0.25, 0.3) is 0 Å². The van der Waals surface area contributed by atoms with Crippen LogP contribution in [0.2, 0.25) is 0 Å². The molecular weight excluding hydrogens is 705 g/mol. The summed E-state index contributed by atoms with van der Waals surface area (Å²) in [7, 11) is 3.16. The number of benzene rings is 1. The molecule has 4 aliphatic heterocycles. The Kier molecular flexibility index (Phi) is 8.31. The number of hydrogen-bond donors (Lipinski definition) is 2. The summed E-state index contributed by atoms with van der Waals surface area (Å²) in [5.41, 5.74) is 4.60. The molecule has 0 bridgehead atoms. The highest BCUT2D eigenvalue weighted by Gasteiger charge is 2.48. The molecule has 13 heteroatoms. The summed E-state index contributed by atoms with van der Waals surface area (Å²) < 4.78 is 28.4. The van der Waals surface area contributed by atoms with Crippen LogP contribution < -0.4 is 20.1 Å². The SMILES string of the molecule is COc1nc(-c2cccc(-c3ccnc(-c4ccc(CN5CC6(CCC(=O)N6)C5)c(OC)n4)c3F)c2Br)ccc1CN1CC2(CCC(=O)N2)C1. The first-order chi connectivity index (χ1) is 24.2. The summed E-state index contributed by atoms with van der Waals surface area (Å²) in [6.07, 6.45) is 4.48. The van der Waals surface area contributed by atoms with E-state index in [2.05, 4.69) is 46.3 Å². The maximum Gasteiger partial charge on any atom is 0.220 e. The van der Waals surface area contributed by atoms with Crippen LogP contribution in [0.1, 0.15) is 36.8 Å². The van der Waals surface area contributed by atoms with E-state index in [0.29, 0.717) is 64.7 Å². The van der Waals surface area contributed by atoms with Crippen LogP contribution in [0.3, 0.4) is 0 Å². The first-order valence-corrected chi connectivity index (χ1v) is 17.6. The topological polar surface area (TPSA) is 122 Å². The molecule has 2 N–H and O–H groups in total. The van der Waals surface area contributed by atoms with Gasteiger partial charge in [-0.05, 0) is 52.5 Å². The van der Waals surface area contributed by atoms with E-state index < -0.39 is 5.82 Å². The summed E-state index contributed by atoms with van der Waals surface area (Å²) >= 11 is 3.75. The Labute approximate surface area is 297 Å². The smallest absolute Gasteiger partial charge is 0.220 e. The third-order valence-corrected chi connectivity index (χ3v) is 11.2. The number of carbonyl (C=O) groups excluding carboxylic acids is 2. The second kappa shape index (κ2) is 12.7. The van der Waals surface area contributed by atoms with Crippen molar-refractivity contribution >= 4 is 27.7 Å². The van der Waals surface area contributed by atoms with Crippen molar-refractivity contribution in [3.8, 4) is 45.5 Å². The Morgan fingerprint density at radius 3 is 1.84 bits per heavy atom. The fraction of sp³-hybridized carbons (Fsp3) is 0.378. The number of nitrogens with one attached hydrogen (secondary N) is 2. The molecule has 4 aromatic rings. The van der Waals surface area contributed by atoms with Crippen molar-refractivity contribution in [3.63, 3.8) is 0 Å². The molecular formula is C37H37BrFN7O4. The van der Waals surface area contributed by atoms with E-state index in [4.69, 9.17) is 14.5 Å². The fourth-order valence-corrected chi connectivity index (χ4v) is 8.61. The highest BCUT2D eigenvalue weighted by atomic mass is 79.9. The number of carbonyl (C=O) groups is 2. The van der Waals surface area contributed by atoms with E-state index in [0.717, 1.165) is 55.7 Å². The standard InChI is InChI=1S/C37H37BrFN7O4/c1-49-34-22(16-45-18-36(19-45)13-10-29(47)43-36)6-8-27(41-34)26-5-3-4-24(31(26)38)25-12-15-40-33(32(25)39)28-9-7-23(35(42-28)50-2)17-46-20-37(21-46)14-11-30(48)44-37/h3-9,12,15H,10-11,13-14,16-21H2,1-2H3,(H,43,47)(H,44,48). The van der Waals surface area contributed by atoms with Crippen LogP contribution in [0.4, 0.5) is 4.39 Å². The zero-order valence-electron chi connectivity index (χ0n) is 27.9. The minimum Gasteiger partial charge on any atom is -0.481 e. The van der Waals surface area contributed by atoms with Gasteiger partial charge in [0.05, 0.1) is 36.7 Å². The van der Waals surface area contributed by atoms with Crippen LogP contribution in [0.15, 0.2) is 59.2 Å². The number of halogens is 2.